The molecule has 0 aromatic rings. The Labute approximate surface area is 73.9 Å². The summed E-state index contributed by atoms with van der Waals surface area (Å²) in [6.07, 6.45) is 6.78. The van der Waals surface area contributed by atoms with Gasteiger partial charge in [-0.2, -0.15) is 0 Å². The molecule has 0 aliphatic carbocycles. The zero-order valence-electron chi connectivity index (χ0n) is 7.81. The van der Waals surface area contributed by atoms with Gasteiger partial charge in [0.05, 0.1) is 0 Å². The molecular formula is C10H17NO. The van der Waals surface area contributed by atoms with E-state index in [2.05, 4.69) is 11.8 Å². The van der Waals surface area contributed by atoms with Crippen LogP contribution in [0.15, 0.2) is 0 Å². The quantitative estimate of drug-likeness (QED) is 0.540. The molecule has 2 aliphatic rings. The Morgan fingerprint density at radius 1 is 1.25 bits per heavy atom. The minimum absolute atomic E-state index is 0.230. The van der Waals surface area contributed by atoms with Gasteiger partial charge in [-0.25, -0.2) is 0 Å². The van der Waals surface area contributed by atoms with Gasteiger partial charge in [0.2, 0.25) is 5.91 Å². The van der Waals surface area contributed by atoms with Crippen molar-refractivity contribution in [2.24, 2.45) is 0 Å². The highest BCUT2D eigenvalue weighted by Crippen LogP contribution is 2.36. The normalized spacial score (nSPS) is 36.4. The van der Waals surface area contributed by atoms with Crippen molar-refractivity contribution >= 4 is 5.91 Å². The Hall–Kier alpha value is -0.530. The van der Waals surface area contributed by atoms with Crippen LogP contribution in [0, 0.1) is 0 Å². The minimum atomic E-state index is 0.230. The SMILES string of the molecule is C[C@@]12CCCCC(=O)N1CCC2. The monoisotopic (exact) mass is 167 g/mol. The lowest BCUT2D eigenvalue weighted by Gasteiger charge is -2.33. The summed E-state index contributed by atoms with van der Waals surface area (Å²) in [5, 5.41) is 0. The molecule has 68 valence electrons. The van der Waals surface area contributed by atoms with Crippen LogP contribution in [0.4, 0.5) is 0 Å². The van der Waals surface area contributed by atoms with Crippen molar-refractivity contribution < 1.29 is 4.79 Å². The van der Waals surface area contributed by atoms with Gasteiger partial charge in [0.1, 0.15) is 0 Å². The molecule has 2 heterocycles. The van der Waals surface area contributed by atoms with Gasteiger partial charge < -0.3 is 4.90 Å². The van der Waals surface area contributed by atoms with Crippen LogP contribution in [0.2, 0.25) is 0 Å². The number of fused-ring (bicyclic) bond motifs is 1. The molecule has 0 radical (unpaired) electrons. The van der Waals surface area contributed by atoms with Crippen LogP contribution >= 0.6 is 0 Å². The molecule has 2 nitrogen and oxygen atoms in total. The van der Waals surface area contributed by atoms with Crippen molar-refractivity contribution in [2.45, 2.75) is 51.0 Å². The van der Waals surface area contributed by atoms with E-state index in [1.54, 1.807) is 0 Å². The zero-order valence-corrected chi connectivity index (χ0v) is 7.81. The number of nitrogens with zero attached hydrogens (tertiary/aromatic N) is 1. The second-order valence-corrected chi connectivity index (χ2v) is 4.35. The maximum Gasteiger partial charge on any atom is 0.223 e. The van der Waals surface area contributed by atoms with Gasteiger partial charge in [-0.3, -0.25) is 4.79 Å². The maximum absolute atomic E-state index is 11.6. The van der Waals surface area contributed by atoms with E-state index < -0.39 is 0 Å². The zero-order chi connectivity index (χ0) is 8.60. The summed E-state index contributed by atoms with van der Waals surface area (Å²) in [5.74, 6) is 0.396. The molecule has 1 atom stereocenters. The standard InChI is InChI=1S/C10H17NO/c1-10-6-3-2-5-9(12)11(10)8-4-7-10/h2-8H2,1H3/t10-/m0/s1. The largest absolute Gasteiger partial charge is 0.337 e. The Bertz CT molecular complexity index is 202. The third kappa shape index (κ3) is 1.13. The van der Waals surface area contributed by atoms with Crippen molar-refractivity contribution in [1.82, 2.24) is 4.90 Å². The lowest BCUT2D eigenvalue weighted by Crippen LogP contribution is -2.43. The van der Waals surface area contributed by atoms with Gasteiger partial charge in [-0.05, 0) is 32.6 Å². The van der Waals surface area contributed by atoms with Crippen LogP contribution in [-0.4, -0.2) is 22.9 Å². The fraction of sp³-hybridized carbons (Fsp3) is 0.900. The van der Waals surface area contributed by atoms with E-state index >= 15 is 0 Å². The first-order chi connectivity index (χ1) is 5.72. The van der Waals surface area contributed by atoms with Crippen molar-refractivity contribution in [3.63, 3.8) is 0 Å². The fourth-order valence-electron chi connectivity index (χ4n) is 2.63. The van der Waals surface area contributed by atoms with Gasteiger partial charge in [0.15, 0.2) is 0 Å². The fourth-order valence-corrected chi connectivity index (χ4v) is 2.63. The molecule has 12 heavy (non-hydrogen) atoms. The smallest absolute Gasteiger partial charge is 0.223 e. The highest BCUT2D eigenvalue weighted by Gasteiger charge is 2.39. The van der Waals surface area contributed by atoms with Crippen molar-refractivity contribution in [3.8, 4) is 0 Å². The topological polar surface area (TPSA) is 20.3 Å². The first kappa shape index (κ1) is 8.09. The average Bonchev–Trinajstić information content (AvgIpc) is 2.36. The third-order valence-electron chi connectivity index (χ3n) is 3.41. The van der Waals surface area contributed by atoms with E-state index in [1.807, 2.05) is 0 Å². The molecule has 0 spiro atoms. The van der Waals surface area contributed by atoms with E-state index in [0.717, 1.165) is 19.4 Å². The predicted octanol–water partition coefficient (Wildman–Crippen LogP) is 1.94. The molecule has 1 amide bonds. The highest BCUT2D eigenvalue weighted by atomic mass is 16.2. The van der Waals surface area contributed by atoms with Crippen LogP contribution in [0.1, 0.15) is 45.4 Å². The van der Waals surface area contributed by atoms with E-state index in [9.17, 15) is 4.79 Å². The molecular weight excluding hydrogens is 150 g/mol. The third-order valence-corrected chi connectivity index (χ3v) is 3.41. The molecule has 2 rings (SSSR count). The summed E-state index contributed by atoms with van der Waals surface area (Å²) in [6, 6.07) is 0. The van der Waals surface area contributed by atoms with Crippen LogP contribution in [0.25, 0.3) is 0 Å². The lowest BCUT2D eigenvalue weighted by molar-refractivity contribution is -0.133. The second-order valence-electron chi connectivity index (χ2n) is 4.35. The molecule has 0 N–H and O–H groups in total. The number of hydrogen-bond donors (Lipinski definition) is 0. The van der Waals surface area contributed by atoms with E-state index in [4.69, 9.17) is 0 Å². The summed E-state index contributed by atoms with van der Waals surface area (Å²) in [4.78, 5) is 13.8. The van der Waals surface area contributed by atoms with Crippen LogP contribution in [0.3, 0.4) is 0 Å². The Kier molecular flexibility index (Phi) is 1.85. The Morgan fingerprint density at radius 2 is 2.00 bits per heavy atom. The molecule has 0 aromatic heterocycles. The molecule has 0 unspecified atom stereocenters. The molecule has 0 saturated carbocycles. The van der Waals surface area contributed by atoms with E-state index in [0.29, 0.717) is 5.91 Å². The minimum Gasteiger partial charge on any atom is -0.337 e. The van der Waals surface area contributed by atoms with Crippen LogP contribution in [0.5, 0.6) is 0 Å². The summed E-state index contributed by atoms with van der Waals surface area (Å²) in [6.45, 7) is 3.26. The van der Waals surface area contributed by atoms with Gasteiger partial charge >= 0.3 is 0 Å². The number of rotatable bonds is 0. The number of carbonyl (C=O) groups is 1. The maximum atomic E-state index is 11.6. The van der Waals surface area contributed by atoms with Crippen LogP contribution in [-0.2, 0) is 4.79 Å². The molecule has 0 bridgehead atoms. The van der Waals surface area contributed by atoms with Crippen molar-refractivity contribution in [2.75, 3.05) is 6.54 Å². The molecule has 2 heteroatoms. The first-order valence-electron chi connectivity index (χ1n) is 5.03. The summed E-state index contributed by atoms with van der Waals surface area (Å²) in [5.41, 5.74) is 0.230. The van der Waals surface area contributed by atoms with Crippen molar-refractivity contribution in [1.29, 1.82) is 0 Å². The molecule has 2 fully saturated rings. The Morgan fingerprint density at radius 3 is 2.83 bits per heavy atom. The van der Waals surface area contributed by atoms with Gasteiger partial charge in [0, 0.05) is 18.5 Å². The van der Waals surface area contributed by atoms with E-state index in [1.165, 1.54) is 25.7 Å². The second kappa shape index (κ2) is 2.75. The van der Waals surface area contributed by atoms with Gasteiger partial charge in [-0.1, -0.05) is 6.42 Å². The van der Waals surface area contributed by atoms with E-state index in [-0.39, 0.29) is 5.54 Å². The average molecular weight is 167 g/mol. The first-order valence-corrected chi connectivity index (χ1v) is 5.03. The van der Waals surface area contributed by atoms with Gasteiger partial charge in [0.25, 0.3) is 0 Å². The number of hydrogen-bond acceptors (Lipinski definition) is 1. The Balaban J connectivity index is 2.21. The highest BCUT2D eigenvalue weighted by molar-refractivity contribution is 5.77. The van der Waals surface area contributed by atoms with Crippen LogP contribution < -0.4 is 0 Å². The van der Waals surface area contributed by atoms with Gasteiger partial charge in [-0.15, -0.1) is 0 Å². The summed E-state index contributed by atoms with van der Waals surface area (Å²) >= 11 is 0. The number of carbonyl (C=O) groups excluding carboxylic acids is 1. The molecule has 2 aliphatic heterocycles. The predicted molar refractivity (Wildman–Crippen MR) is 47.8 cm³/mol. The lowest BCUT2D eigenvalue weighted by atomic mass is 9.93. The summed E-state index contributed by atoms with van der Waals surface area (Å²) < 4.78 is 0. The molecule has 2 saturated heterocycles. The number of amides is 1. The summed E-state index contributed by atoms with van der Waals surface area (Å²) in [7, 11) is 0. The molecule has 0 aromatic carbocycles. The van der Waals surface area contributed by atoms with Crippen molar-refractivity contribution in [3.05, 3.63) is 0 Å².